The molecule has 1 amide bonds. The topological polar surface area (TPSA) is 56.2 Å². The van der Waals surface area contributed by atoms with E-state index >= 15 is 0 Å². The van der Waals surface area contributed by atoms with Gasteiger partial charge in [0.2, 0.25) is 5.91 Å². The van der Waals surface area contributed by atoms with Gasteiger partial charge in [0.25, 0.3) is 0 Å². The Hall–Kier alpha value is -1.94. The quantitative estimate of drug-likeness (QED) is 0.352. The van der Waals surface area contributed by atoms with Crippen LogP contribution >= 0.6 is 0 Å². The number of hydrogen-bond acceptors (Lipinski definition) is 3. The molecule has 0 radical (unpaired) electrons. The fraction of sp³-hybridized carbons (Fsp3) is 0.688. The number of amides is 1. The zero-order chi connectivity index (χ0) is 24.9. The minimum absolute atomic E-state index is 0.0271. The van der Waals surface area contributed by atoms with E-state index in [1.807, 2.05) is 6.07 Å². The van der Waals surface area contributed by atoms with E-state index in [1.54, 1.807) is 6.21 Å². The van der Waals surface area contributed by atoms with Crippen molar-refractivity contribution in [2.24, 2.45) is 22.7 Å². The molecule has 4 heteroatoms. The molecule has 1 heterocycles. The molecule has 6 fully saturated rings. The molecule has 7 rings (SSSR count). The van der Waals surface area contributed by atoms with Gasteiger partial charge in [-0.25, -0.2) is 0 Å². The molecule has 5 aliphatic carbocycles. The van der Waals surface area contributed by atoms with Gasteiger partial charge in [-0.3, -0.25) is 9.69 Å². The molecular weight excluding hydrogens is 442 g/mol. The summed E-state index contributed by atoms with van der Waals surface area (Å²) in [6, 6.07) is 10.5. The van der Waals surface area contributed by atoms with E-state index in [-0.39, 0.29) is 22.3 Å². The number of nitrogens with zero attached hydrogens (tertiary/aromatic N) is 1. The fourth-order valence-corrected chi connectivity index (χ4v) is 10.1. The summed E-state index contributed by atoms with van der Waals surface area (Å²) in [6.45, 7) is 6.57. The van der Waals surface area contributed by atoms with Crippen molar-refractivity contribution in [3.8, 4) is 0 Å². The molecule has 0 unspecified atom stereocenters. The number of piperidine rings is 1. The first-order valence-corrected chi connectivity index (χ1v) is 14.7. The monoisotopic (exact) mass is 487 g/mol. The maximum absolute atomic E-state index is 13.5. The number of likely N-dealkylation sites (tertiary alicyclic amines) is 1. The minimum atomic E-state index is -0.184. The van der Waals surface area contributed by atoms with Crippen molar-refractivity contribution in [2.45, 2.75) is 94.4 Å². The Morgan fingerprint density at radius 3 is 2.47 bits per heavy atom. The van der Waals surface area contributed by atoms with Gasteiger partial charge >= 0.3 is 0 Å². The Kier molecular flexibility index (Phi) is 6.18. The number of nitrogens with one attached hydrogen (secondary N) is 2. The molecule has 2 N–H and O–H groups in total. The van der Waals surface area contributed by atoms with Crippen LogP contribution in [0.15, 0.2) is 43.0 Å². The van der Waals surface area contributed by atoms with Crippen LogP contribution in [0, 0.1) is 28.1 Å². The maximum Gasteiger partial charge on any atom is 0.234 e. The lowest BCUT2D eigenvalue weighted by molar-refractivity contribution is -0.153. The SMILES string of the molecule is C=C[C@@]12C[C@H]3C[C@@](NC(=O)CN4CCC(C=N)(c5ccccc5)CC4)(C1)C[C@@](C1CCCCC1)(C3)C2. The summed E-state index contributed by atoms with van der Waals surface area (Å²) in [6.07, 6.45) is 20.2. The lowest BCUT2D eigenvalue weighted by atomic mass is 9.39. The minimum Gasteiger partial charge on any atom is -0.349 e. The second-order valence-electron chi connectivity index (χ2n) is 13.5. The first-order valence-electron chi connectivity index (χ1n) is 14.7. The Labute approximate surface area is 217 Å². The summed E-state index contributed by atoms with van der Waals surface area (Å²) < 4.78 is 0. The lowest BCUT2D eigenvalue weighted by Crippen LogP contribution is -2.68. The third-order valence-corrected chi connectivity index (χ3v) is 11.2. The van der Waals surface area contributed by atoms with E-state index in [2.05, 4.69) is 47.1 Å². The third kappa shape index (κ3) is 4.18. The summed E-state index contributed by atoms with van der Waals surface area (Å²) in [4.78, 5) is 15.9. The highest BCUT2D eigenvalue weighted by atomic mass is 16.2. The smallest absolute Gasteiger partial charge is 0.234 e. The van der Waals surface area contributed by atoms with Crippen LogP contribution in [0.2, 0.25) is 0 Å². The maximum atomic E-state index is 13.5. The molecule has 1 aromatic rings. The molecule has 1 aromatic carbocycles. The van der Waals surface area contributed by atoms with Crippen LogP contribution in [-0.4, -0.2) is 42.2 Å². The standard InChI is InChI=1S/C32H45N3O/c1-2-29-17-25-18-31(21-29,27-11-7-4-8-12-27)23-32(19-25,22-29)34-28(36)20-35-15-13-30(24-33,14-16-35)26-9-5-3-6-10-26/h2-3,5-6,9-10,24-25,27,33H,1,4,7-8,11-23H2,(H,34,36)/t25-,29+,31-,32-/m1/s1. The Balaban J connectivity index is 1.13. The molecule has 0 spiro atoms. The average molecular weight is 488 g/mol. The highest BCUT2D eigenvalue weighted by Crippen LogP contribution is 2.70. The molecule has 1 aliphatic heterocycles. The number of rotatable bonds is 7. The molecular formula is C32H45N3O. The van der Waals surface area contributed by atoms with Crippen molar-refractivity contribution < 1.29 is 4.79 Å². The van der Waals surface area contributed by atoms with Gasteiger partial charge in [0, 0.05) is 17.2 Å². The van der Waals surface area contributed by atoms with E-state index in [0.717, 1.165) is 44.2 Å². The van der Waals surface area contributed by atoms with E-state index in [1.165, 1.54) is 69.8 Å². The summed E-state index contributed by atoms with van der Waals surface area (Å²) in [5, 5.41) is 11.9. The Bertz CT molecular complexity index is 992. The van der Waals surface area contributed by atoms with Crippen LogP contribution in [-0.2, 0) is 10.2 Å². The number of benzene rings is 1. The molecule has 6 aliphatic rings. The molecule has 0 aromatic heterocycles. The highest BCUT2D eigenvalue weighted by Gasteiger charge is 2.64. The van der Waals surface area contributed by atoms with Crippen molar-refractivity contribution in [3.63, 3.8) is 0 Å². The fourth-order valence-electron chi connectivity index (χ4n) is 10.1. The van der Waals surface area contributed by atoms with Gasteiger partial charge in [-0.1, -0.05) is 55.7 Å². The number of carbonyl (C=O) groups is 1. The first-order chi connectivity index (χ1) is 17.4. The van der Waals surface area contributed by atoms with Gasteiger partial charge in [0.1, 0.15) is 0 Å². The zero-order valence-corrected chi connectivity index (χ0v) is 22.1. The zero-order valence-electron chi connectivity index (χ0n) is 22.1. The van der Waals surface area contributed by atoms with Crippen molar-refractivity contribution >= 4 is 12.1 Å². The van der Waals surface area contributed by atoms with Crippen LogP contribution in [0.4, 0.5) is 0 Å². The number of allylic oxidation sites excluding steroid dienone is 1. The van der Waals surface area contributed by atoms with E-state index in [9.17, 15) is 4.79 Å². The third-order valence-electron chi connectivity index (χ3n) is 11.2. The summed E-state index contributed by atoms with van der Waals surface area (Å²) in [5.41, 5.74) is 1.68. The predicted molar refractivity (Wildman–Crippen MR) is 146 cm³/mol. The van der Waals surface area contributed by atoms with Crippen molar-refractivity contribution in [1.29, 1.82) is 5.41 Å². The van der Waals surface area contributed by atoms with Crippen LogP contribution in [0.3, 0.4) is 0 Å². The summed E-state index contributed by atoms with van der Waals surface area (Å²) in [5.74, 6) is 1.81. The summed E-state index contributed by atoms with van der Waals surface area (Å²) in [7, 11) is 0. The Morgan fingerprint density at radius 2 is 1.78 bits per heavy atom. The van der Waals surface area contributed by atoms with E-state index in [4.69, 9.17) is 5.41 Å². The molecule has 4 nitrogen and oxygen atoms in total. The number of hydrogen-bond donors (Lipinski definition) is 2. The van der Waals surface area contributed by atoms with Crippen molar-refractivity contribution in [1.82, 2.24) is 10.2 Å². The van der Waals surface area contributed by atoms with Crippen molar-refractivity contribution in [2.75, 3.05) is 19.6 Å². The van der Waals surface area contributed by atoms with Crippen molar-refractivity contribution in [3.05, 3.63) is 48.6 Å². The molecule has 1 saturated heterocycles. The van der Waals surface area contributed by atoms with Crippen LogP contribution < -0.4 is 5.32 Å². The van der Waals surface area contributed by atoms with Crippen LogP contribution in [0.25, 0.3) is 0 Å². The normalized spacial score (nSPS) is 37.9. The van der Waals surface area contributed by atoms with E-state index < -0.39 is 0 Å². The number of carbonyl (C=O) groups excluding carboxylic acids is 1. The Morgan fingerprint density at radius 1 is 1.03 bits per heavy atom. The molecule has 194 valence electrons. The van der Waals surface area contributed by atoms with Gasteiger partial charge in [0.05, 0.1) is 6.54 Å². The average Bonchev–Trinajstić information content (AvgIpc) is 2.89. The predicted octanol–water partition coefficient (Wildman–Crippen LogP) is 6.26. The van der Waals surface area contributed by atoms with Gasteiger partial charge < -0.3 is 10.7 Å². The largest absolute Gasteiger partial charge is 0.349 e. The molecule has 36 heavy (non-hydrogen) atoms. The lowest BCUT2D eigenvalue weighted by Gasteiger charge is -2.68. The van der Waals surface area contributed by atoms with Gasteiger partial charge in [-0.15, -0.1) is 6.58 Å². The second kappa shape index (κ2) is 9.11. The van der Waals surface area contributed by atoms with Gasteiger partial charge in [-0.05, 0) is 106 Å². The molecule has 4 bridgehead atoms. The van der Waals surface area contributed by atoms with Crippen LogP contribution in [0.5, 0.6) is 0 Å². The highest BCUT2D eigenvalue weighted by molar-refractivity contribution is 5.79. The first kappa shape index (κ1) is 24.4. The van der Waals surface area contributed by atoms with Crippen LogP contribution in [0.1, 0.15) is 89.0 Å². The molecule has 5 saturated carbocycles. The van der Waals surface area contributed by atoms with Gasteiger partial charge in [0.15, 0.2) is 0 Å². The second-order valence-corrected chi connectivity index (χ2v) is 13.5. The van der Waals surface area contributed by atoms with Gasteiger partial charge in [-0.2, -0.15) is 0 Å². The summed E-state index contributed by atoms with van der Waals surface area (Å²) >= 11 is 0. The van der Waals surface area contributed by atoms with E-state index in [0.29, 0.717) is 12.0 Å². The molecule has 4 atom stereocenters.